The molecule has 0 heterocycles. The van der Waals surface area contributed by atoms with E-state index in [4.69, 9.17) is 0 Å². The lowest BCUT2D eigenvalue weighted by molar-refractivity contribution is 0.0824. The average molecular weight is 141 g/mol. The Morgan fingerprint density at radius 3 is 2.40 bits per heavy atom. The van der Waals surface area contributed by atoms with Crippen LogP contribution < -0.4 is 5.32 Å². The van der Waals surface area contributed by atoms with E-state index >= 15 is 0 Å². The fraction of sp³-hybridized carbons (Fsp3) is 1.00. The molecule has 2 fully saturated rings. The van der Waals surface area contributed by atoms with Gasteiger partial charge in [0.25, 0.3) is 0 Å². The van der Waals surface area contributed by atoms with Gasteiger partial charge in [-0.1, -0.05) is 0 Å². The Morgan fingerprint density at radius 2 is 2.00 bits per heavy atom. The molecular formula is C8H15NO. The molecule has 2 nitrogen and oxygen atoms in total. The van der Waals surface area contributed by atoms with Crippen LogP contribution in [-0.4, -0.2) is 24.3 Å². The van der Waals surface area contributed by atoms with Crippen LogP contribution in [0.5, 0.6) is 0 Å². The lowest BCUT2D eigenvalue weighted by Gasteiger charge is -2.26. The highest BCUT2D eigenvalue weighted by atomic mass is 16.3. The van der Waals surface area contributed by atoms with E-state index < -0.39 is 0 Å². The summed E-state index contributed by atoms with van der Waals surface area (Å²) in [6, 6.07) is 0.402. The number of fused-ring (bicyclic) bond motifs is 2. The quantitative estimate of drug-likeness (QED) is 0.553. The molecule has 0 radical (unpaired) electrons. The Hall–Kier alpha value is -0.0800. The second-order valence-corrected chi connectivity index (χ2v) is 3.64. The number of hydrogen-bond donors (Lipinski definition) is 2. The highest BCUT2D eigenvalue weighted by Crippen LogP contribution is 2.44. The van der Waals surface area contributed by atoms with Gasteiger partial charge < -0.3 is 10.4 Å². The summed E-state index contributed by atoms with van der Waals surface area (Å²) in [5.41, 5.74) is 0. The van der Waals surface area contributed by atoms with E-state index in [1.54, 1.807) is 0 Å². The number of hydrogen-bond acceptors (Lipinski definition) is 2. The van der Waals surface area contributed by atoms with Gasteiger partial charge >= 0.3 is 0 Å². The maximum absolute atomic E-state index is 9.62. The number of rotatable bonds is 1. The number of nitrogens with one attached hydrogen (secondary N) is 1. The number of aliphatic hydroxyl groups excluding tert-OH is 1. The maximum Gasteiger partial charge on any atom is 0.0723 e. The molecule has 4 atom stereocenters. The van der Waals surface area contributed by atoms with Crippen LogP contribution in [0.25, 0.3) is 0 Å². The van der Waals surface area contributed by atoms with Crippen LogP contribution in [-0.2, 0) is 0 Å². The Labute approximate surface area is 61.6 Å². The molecule has 0 unspecified atom stereocenters. The Morgan fingerprint density at radius 1 is 1.30 bits per heavy atom. The lowest BCUT2D eigenvalue weighted by atomic mass is 9.93. The van der Waals surface area contributed by atoms with E-state index in [2.05, 4.69) is 5.32 Å². The van der Waals surface area contributed by atoms with Crippen LogP contribution >= 0.6 is 0 Å². The van der Waals surface area contributed by atoms with Crippen molar-refractivity contribution in [3.8, 4) is 0 Å². The predicted molar refractivity (Wildman–Crippen MR) is 39.7 cm³/mol. The largest absolute Gasteiger partial charge is 0.391 e. The third-order valence-electron chi connectivity index (χ3n) is 3.21. The van der Waals surface area contributed by atoms with Crippen molar-refractivity contribution in [2.75, 3.05) is 7.05 Å². The zero-order chi connectivity index (χ0) is 7.14. The second kappa shape index (κ2) is 2.21. The molecule has 2 aliphatic carbocycles. The van der Waals surface area contributed by atoms with Gasteiger partial charge in [0.2, 0.25) is 0 Å². The first-order chi connectivity index (χ1) is 4.83. The molecule has 2 aliphatic rings. The van der Waals surface area contributed by atoms with E-state index in [1.165, 1.54) is 19.3 Å². The predicted octanol–water partition coefficient (Wildman–Crippen LogP) is 0.365. The summed E-state index contributed by atoms with van der Waals surface area (Å²) >= 11 is 0. The minimum absolute atomic E-state index is 0.0521. The van der Waals surface area contributed by atoms with Crippen molar-refractivity contribution in [2.45, 2.75) is 31.4 Å². The molecule has 2 saturated carbocycles. The molecule has 58 valence electrons. The second-order valence-electron chi connectivity index (χ2n) is 3.64. The van der Waals surface area contributed by atoms with Crippen LogP contribution in [0, 0.1) is 11.8 Å². The molecule has 2 heteroatoms. The Balaban J connectivity index is 2.10. The molecule has 2 N–H and O–H groups in total. The van der Waals surface area contributed by atoms with E-state index in [0.717, 1.165) is 5.92 Å². The van der Waals surface area contributed by atoms with Gasteiger partial charge in [0.15, 0.2) is 0 Å². The van der Waals surface area contributed by atoms with Crippen LogP contribution in [0.4, 0.5) is 0 Å². The SMILES string of the molecule is CN[C@@H]1[C@H]2CC[C@H](C2)[C@@H]1O. The van der Waals surface area contributed by atoms with Crippen molar-refractivity contribution in [3.05, 3.63) is 0 Å². The Bertz CT molecular complexity index is 135. The summed E-state index contributed by atoms with van der Waals surface area (Å²) < 4.78 is 0. The molecule has 10 heavy (non-hydrogen) atoms. The Kier molecular flexibility index (Phi) is 1.46. The summed E-state index contributed by atoms with van der Waals surface area (Å²) in [6.07, 6.45) is 3.79. The van der Waals surface area contributed by atoms with E-state index in [-0.39, 0.29) is 6.10 Å². The van der Waals surface area contributed by atoms with Crippen LogP contribution in [0.15, 0.2) is 0 Å². The van der Waals surface area contributed by atoms with Crippen molar-refractivity contribution >= 4 is 0 Å². The summed E-state index contributed by atoms with van der Waals surface area (Å²) in [4.78, 5) is 0. The molecule has 0 aromatic rings. The first-order valence-corrected chi connectivity index (χ1v) is 4.18. The highest BCUT2D eigenvalue weighted by molar-refractivity contribution is 5.00. The van der Waals surface area contributed by atoms with Crippen molar-refractivity contribution in [3.63, 3.8) is 0 Å². The van der Waals surface area contributed by atoms with E-state index in [9.17, 15) is 5.11 Å². The van der Waals surface area contributed by atoms with Crippen molar-refractivity contribution in [1.82, 2.24) is 5.32 Å². The molecular weight excluding hydrogens is 126 g/mol. The lowest BCUT2D eigenvalue weighted by Crippen LogP contribution is -2.42. The molecule has 0 amide bonds. The monoisotopic (exact) mass is 141 g/mol. The van der Waals surface area contributed by atoms with E-state index in [1.807, 2.05) is 7.05 Å². The van der Waals surface area contributed by atoms with Gasteiger partial charge in [-0.3, -0.25) is 0 Å². The van der Waals surface area contributed by atoms with Crippen LogP contribution in [0.2, 0.25) is 0 Å². The molecule has 2 rings (SSSR count). The van der Waals surface area contributed by atoms with Gasteiger partial charge in [-0.25, -0.2) is 0 Å². The summed E-state index contributed by atoms with van der Waals surface area (Å²) in [6.45, 7) is 0. The van der Waals surface area contributed by atoms with Gasteiger partial charge in [0.05, 0.1) is 6.10 Å². The molecule has 2 bridgehead atoms. The van der Waals surface area contributed by atoms with Gasteiger partial charge in [-0.05, 0) is 38.1 Å². The number of aliphatic hydroxyl groups is 1. The standard InChI is InChI=1S/C8H15NO/c1-9-7-5-2-3-6(4-5)8(7)10/h5-10H,2-4H2,1H3/t5-,6+,7+,8-/m0/s1. The minimum atomic E-state index is -0.0521. The smallest absolute Gasteiger partial charge is 0.0723 e. The fourth-order valence-electron chi connectivity index (χ4n) is 2.67. The fourth-order valence-corrected chi connectivity index (χ4v) is 2.67. The zero-order valence-electron chi connectivity index (χ0n) is 6.38. The van der Waals surface area contributed by atoms with E-state index in [0.29, 0.717) is 12.0 Å². The zero-order valence-corrected chi connectivity index (χ0v) is 6.38. The normalized spacial score (nSPS) is 52.2. The topological polar surface area (TPSA) is 32.3 Å². The number of likely N-dealkylation sites (N-methyl/N-ethyl adjacent to an activating group) is 1. The highest BCUT2D eigenvalue weighted by Gasteiger charge is 2.45. The molecule has 0 spiro atoms. The summed E-state index contributed by atoms with van der Waals surface area (Å²) in [5.74, 6) is 1.38. The van der Waals surface area contributed by atoms with Crippen molar-refractivity contribution in [1.29, 1.82) is 0 Å². The van der Waals surface area contributed by atoms with Crippen LogP contribution in [0.3, 0.4) is 0 Å². The van der Waals surface area contributed by atoms with Gasteiger partial charge in [-0.15, -0.1) is 0 Å². The van der Waals surface area contributed by atoms with Crippen molar-refractivity contribution in [2.24, 2.45) is 11.8 Å². The first-order valence-electron chi connectivity index (χ1n) is 4.18. The molecule has 0 aromatic heterocycles. The average Bonchev–Trinajstić information content (AvgIpc) is 2.46. The minimum Gasteiger partial charge on any atom is -0.391 e. The van der Waals surface area contributed by atoms with Crippen LogP contribution in [0.1, 0.15) is 19.3 Å². The molecule has 0 aromatic carbocycles. The maximum atomic E-state index is 9.62. The molecule has 0 saturated heterocycles. The molecule has 0 aliphatic heterocycles. The van der Waals surface area contributed by atoms with Crippen molar-refractivity contribution < 1.29 is 5.11 Å². The third-order valence-corrected chi connectivity index (χ3v) is 3.21. The third kappa shape index (κ3) is 0.722. The summed E-state index contributed by atoms with van der Waals surface area (Å²) in [5, 5.41) is 12.8. The van der Waals surface area contributed by atoms with Gasteiger partial charge in [0, 0.05) is 6.04 Å². The van der Waals surface area contributed by atoms with Gasteiger partial charge in [-0.2, -0.15) is 0 Å². The summed E-state index contributed by atoms with van der Waals surface area (Å²) in [7, 11) is 1.95. The first kappa shape index (κ1) is 6.62. The van der Waals surface area contributed by atoms with Gasteiger partial charge in [0.1, 0.15) is 0 Å².